The third-order valence-corrected chi connectivity index (χ3v) is 4.10. The molecule has 2 unspecified atom stereocenters. The number of methoxy groups -OCH3 is 1. The van der Waals surface area contributed by atoms with Gasteiger partial charge >= 0.3 is 0 Å². The lowest BCUT2D eigenvalue weighted by Crippen LogP contribution is -2.45. The van der Waals surface area contributed by atoms with Crippen LogP contribution < -0.4 is 10.6 Å². The molecule has 0 bridgehead atoms. The van der Waals surface area contributed by atoms with E-state index >= 15 is 0 Å². The molecule has 2 atom stereocenters. The minimum absolute atomic E-state index is 0.0660. The first-order valence-corrected chi connectivity index (χ1v) is 7.17. The molecule has 1 amide bonds. The van der Waals surface area contributed by atoms with Crippen LogP contribution in [0, 0.1) is 0 Å². The predicted molar refractivity (Wildman–Crippen MR) is 71.5 cm³/mol. The number of carbonyl (C=O) groups is 1. The highest BCUT2D eigenvalue weighted by Gasteiger charge is 2.30. The lowest BCUT2D eigenvalue weighted by molar-refractivity contribution is -0.122. The monoisotopic (exact) mass is 261 g/mol. The Kier molecular flexibility index (Phi) is 6.87. The molecule has 100 valence electrons. The first-order valence-electron chi connectivity index (χ1n) is 5.88. The summed E-state index contributed by atoms with van der Waals surface area (Å²) in [5.41, 5.74) is 0. The normalized spacial score (nSPS) is 24.2. The molecule has 5 nitrogen and oxygen atoms in total. The van der Waals surface area contributed by atoms with Crippen molar-refractivity contribution in [2.24, 2.45) is 0 Å². The molecule has 1 aliphatic rings. The van der Waals surface area contributed by atoms with Crippen LogP contribution in [0.2, 0.25) is 0 Å². The van der Waals surface area contributed by atoms with Crippen LogP contribution in [0.4, 0.5) is 0 Å². The van der Waals surface area contributed by atoms with Crippen molar-refractivity contribution in [3.8, 4) is 0 Å². The van der Waals surface area contributed by atoms with E-state index in [2.05, 4.69) is 21.8 Å². The standard InChI is InChI=1S/C11H23N3O2S/c1-14(8-11(15)13-4-5-16-2)9-6-12-7-10(9)17-3/h9-10,12H,4-8H2,1-3H3,(H,13,15). The van der Waals surface area contributed by atoms with Crippen LogP contribution in [0.5, 0.6) is 0 Å². The Morgan fingerprint density at radius 1 is 1.59 bits per heavy atom. The zero-order valence-electron chi connectivity index (χ0n) is 10.9. The maximum atomic E-state index is 11.6. The molecule has 6 heteroatoms. The van der Waals surface area contributed by atoms with Crippen LogP contribution in [-0.4, -0.2) is 75.3 Å². The van der Waals surface area contributed by atoms with Crippen LogP contribution in [0.25, 0.3) is 0 Å². The Morgan fingerprint density at radius 3 is 3.00 bits per heavy atom. The van der Waals surface area contributed by atoms with Gasteiger partial charge in [-0.2, -0.15) is 11.8 Å². The second kappa shape index (κ2) is 7.92. The van der Waals surface area contributed by atoms with E-state index < -0.39 is 0 Å². The second-order valence-electron chi connectivity index (χ2n) is 4.26. The predicted octanol–water partition coefficient (Wildman–Crippen LogP) is -0.616. The van der Waals surface area contributed by atoms with E-state index in [1.165, 1.54) is 0 Å². The number of nitrogens with one attached hydrogen (secondary N) is 2. The van der Waals surface area contributed by atoms with E-state index in [1.54, 1.807) is 7.11 Å². The molecule has 0 radical (unpaired) electrons. The van der Waals surface area contributed by atoms with Gasteiger partial charge in [0.05, 0.1) is 13.2 Å². The molecule has 1 aliphatic heterocycles. The molecule has 1 rings (SSSR count). The molecule has 0 aromatic rings. The second-order valence-corrected chi connectivity index (χ2v) is 5.33. The van der Waals surface area contributed by atoms with Gasteiger partial charge in [-0.25, -0.2) is 0 Å². The van der Waals surface area contributed by atoms with Crippen molar-refractivity contribution < 1.29 is 9.53 Å². The Hall–Kier alpha value is -0.300. The molecule has 1 heterocycles. The Bertz CT molecular complexity index is 241. The maximum absolute atomic E-state index is 11.6. The van der Waals surface area contributed by atoms with Crippen molar-refractivity contribution in [3.63, 3.8) is 0 Å². The number of hydrogen-bond acceptors (Lipinski definition) is 5. The molecule has 1 fully saturated rings. The van der Waals surface area contributed by atoms with Crippen molar-refractivity contribution in [2.45, 2.75) is 11.3 Å². The molecule has 1 saturated heterocycles. The van der Waals surface area contributed by atoms with E-state index in [0.717, 1.165) is 13.1 Å². The minimum atomic E-state index is 0.0660. The van der Waals surface area contributed by atoms with Gasteiger partial charge in [0.15, 0.2) is 0 Å². The highest BCUT2D eigenvalue weighted by molar-refractivity contribution is 7.99. The highest BCUT2D eigenvalue weighted by Crippen LogP contribution is 2.18. The minimum Gasteiger partial charge on any atom is -0.383 e. The first kappa shape index (κ1) is 14.8. The zero-order chi connectivity index (χ0) is 12.7. The Labute approximate surface area is 108 Å². The molecular weight excluding hydrogens is 238 g/mol. The number of likely N-dealkylation sites (N-methyl/N-ethyl adjacent to an activating group) is 1. The number of amides is 1. The van der Waals surface area contributed by atoms with Gasteiger partial charge in [0.2, 0.25) is 5.91 Å². The van der Waals surface area contributed by atoms with Gasteiger partial charge in [0.1, 0.15) is 0 Å². The summed E-state index contributed by atoms with van der Waals surface area (Å²) in [5, 5.41) is 6.78. The van der Waals surface area contributed by atoms with Crippen molar-refractivity contribution >= 4 is 17.7 Å². The van der Waals surface area contributed by atoms with E-state index in [4.69, 9.17) is 4.74 Å². The van der Waals surface area contributed by atoms with Gasteiger partial charge in [0, 0.05) is 38.0 Å². The van der Waals surface area contributed by atoms with Crippen LogP contribution in [-0.2, 0) is 9.53 Å². The van der Waals surface area contributed by atoms with Crippen molar-refractivity contribution in [1.82, 2.24) is 15.5 Å². The van der Waals surface area contributed by atoms with Crippen LogP contribution in [0.15, 0.2) is 0 Å². The molecule has 0 aromatic carbocycles. The summed E-state index contributed by atoms with van der Waals surface area (Å²) >= 11 is 1.86. The SMILES string of the molecule is COCCNC(=O)CN(C)C1CNCC1SC. The number of nitrogens with zero attached hydrogens (tertiary/aromatic N) is 1. The lowest BCUT2D eigenvalue weighted by Gasteiger charge is -2.27. The molecule has 2 N–H and O–H groups in total. The largest absolute Gasteiger partial charge is 0.383 e. The number of hydrogen-bond donors (Lipinski definition) is 2. The Morgan fingerprint density at radius 2 is 2.35 bits per heavy atom. The van der Waals surface area contributed by atoms with Gasteiger partial charge in [-0.05, 0) is 13.3 Å². The molecule has 0 aliphatic carbocycles. The first-order chi connectivity index (χ1) is 8.19. The highest BCUT2D eigenvalue weighted by atomic mass is 32.2. The van der Waals surface area contributed by atoms with E-state index in [0.29, 0.717) is 31.0 Å². The fourth-order valence-electron chi connectivity index (χ4n) is 2.01. The molecule has 0 spiro atoms. The van der Waals surface area contributed by atoms with Gasteiger partial charge in [-0.3, -0.25) is 9.69 Å². The number of ether oxygens (including phenoxy) is 1. The Balaban J connectivity index is 2.27. The fraction of sp³-hybridized carbons (Fsp3) is 0.909. The summed E-state index contributed by atoms with van der Waals surface area (Å²) in [6.07, 6.45) is 2.12. The molecule has 0 saturated carbocycles. The number of thioether (sulfide) groups is 1. The topological polar surface area (TPSA) is 53.6 Å². The summed E-state index contributed by atoms with van der Waals surface area (Å²) in [7, 11) is 3.64. The molecular formula is C11H23N3O2S. The van der Waals surface area contributed by atoms with Crippen LogP contribution in [0.1, 0.15) is 0 Å². The van der Waals surface area contributed by atoms with E-state index in [-0.39, 0.29) is 5.91 Å². The number of carbonyl (C=O) groups excluding carboxylic acids is 1. The third-order valence-electron chi connectivity index (χ3n) is 3.02. The van der Waals surface area contributed by atoms with E-state index in [1.807, 2.05) is 18.8 Å². The fourth-order valence-corrected chi connectivity index (χ4v) is 2.92. The third kappa shape index (κ3) is 4.83. The molecule has 0 aromatic heterocycles. The summed E-state index contributed by atoms with van der Waals surface area (Å²) < 4.78 is 4.89. The average Bonchev–Trinajstić information content (AvgIpc) is 2.77. The van der Waals surface area contributed by atoms with Crippen LogP contribution in [0.3, 0.4) is 0 Å². The zero-order valence-corrected chi connectivity index (χ0v) is 11.7. The van der Waals surface area contributed by atoms with Crippen molar-refractivity contribution in [3.05, 3.63) is 0 Å². The van der Waals surface area contributed by atoms with E-state index in [9.17, 15) is 4.79 Å². The quantitative estimate of drug-likeness (QED) is 0.599. The smallest absolute Gasteiger partial charge is 0.234 e. The summed E-state index contributed by atoms with van der Waals surface area (Å²) in [5.74, 6) is 0.0660. The maximum Gasteiger partial charge on any atom is 0.234 e. The average molecular weight is 261 g/mol. The number of rotatable bonds is 7. The van der Waals surface area contributed by atoms with Gasteiger partial charge in [0.25, 0.3) is 0 Å². The summed E-state index contributed by atoms with van der Waals surface area (Å²) in [6, 6.07) is 0.443. The van der Waals surface area contributed by atoms with Crippen LogP contribution >= 0.6 is 11.8 Å². The summed E-state index contributed by atoms with van der Waals surface area (Å²) in [4.78, 5) is 13.8. The van der Waals surface area contributed by atoms with Crippen molar-refractivity contribution in [2.75, 3.05) is 53.2 Å². The summed E-state index contributed by atoms with van der Waals surface area (Å²) in [6.45, 7) is 3.59. The van der Waals surface area contributed by atoms with Gasteiger partial charge in [-0.15, -0.1) is 0 Å². The lowest BCUT2D eigenvalue weighted by atomic mass is 10.2. The molecule has 17 heavy (non-hydrogen) atoms. The van der Waals surface area contributed by atoms with Gasteiger partial charge < -0.3 is 15.4 Å². The van der Waals surface area contributed by atoms with Crippen molar-refractivity contribution in [1.29, 1.82) is 0 Å². The van der Waals surface area contributed by atoms with Gasteiger partial charge in [-0.1, -0.05) is 0 Å².